The van der Waals surface area contributed by atoms with Crippen molar-refractivity contribution < 1.29 is 9.53 Å². The van der Waals surface area contributed by atoms with Gasteiger partial charge in [0.25, 0.3) is 0 Å². The van der Waals surface area contributed by atoms with Crippen LogP contribution >= 0.6 is 0 Å². The predicted octanol–water partition coefficient (Wildman–Crippen LogP) is 3.82. The summed E-state index contributed by atoms with van der Waals surface area (Å²) in [6.45, 7) is 0. The van der Waals surface area contributed by atoms with Gasteiger partial charge in [0.05, 0.1) is 12.5 Å². The third-order valence-corrected chi connectivity index (χ3v) is 3.73. The number of hydrogen-bond acceptors (Lipinski definition) is 2. The summed E-state index contributed by atoms with van der Waals surface area (Å²) in [6, 6.07) is 10.1. The Bertz CT molecular complexity index is 414. The van der Waals surface area contributed by atoms with Gasteiger partial charge in [-0.25, -0.2) is 0 Å². The second-order valence-corrected chi connectivity index (χ2v) is 4.95. The summed E-state index contributed by atoms with van der Waals surface area (Å²) in [5.74, 6) is -0.0885. The quantitative estimate of drug-likeness (QED) is 0.755. The lowest BCUT2D eigenvalue weighted by molar-refractivity contribution is -0.151. The summed E-state index contributed by atoms with van der Waals surface area (Å²) in [5.41, 5.74) is 0.731. The van der Waals surface area contributed by atoms with Crippen LogP contribution in [0.15, 0.2) is 36.4 Å². The first-order chi connectivity index (χ1) is 8.77. The van der Waals surface area contributed by atoms with Crippen molar-refractivity contribution in [3.05, 3.63) is 42.0 Å². The molecule has 18 heavy (non-hydrogen) atoms. The molecule has 1 aromatic rings. The Hall–Kier alpha value is -1.57. The van der Waals surface area contributed by atoms with Crippen LogP contribution in [-0.2, 0) is 9.53 Å². The zero-order valence-corrected chi connectivity index (χ0v) is 10.9. The summed E-state index contributed by atoms with van der Waals surface area (Å²) in [4.78, 5) is 12.0. The molecule has 0 saturated heterocycles. The van der Waals surface area contributed by atoms with Gasteiger partial charge in [0.1, 0.15) is 0 Å². The topological polar surface area (TPSA) is 26.3 Å². The van der Waals surface area contributed by atoms with Crippen molar-refractivity contribution in [1.82, 2.24) is 0 Å². The number of rotatable bonds is 3. The highest BCUT2D eigenvalue weighted by molar-refractivity contribution is 5.80. The Balaban J connectivity index is 2.20. The van der Waals surface area contributed by atoms with Gasteiger partial charge in [-0.15, -0.1) is 0 Å². The van der Waals surface area contributed by atoms with E-state index in [0.29, 0.717) is 0 Å². The SMILES string of the molecule is COC(=O)C1(C=Cc2ccccc2)CCCCC1. The van der Waals surface area contributed by atoms with Crippen molar-refractivity contribution in [3.8, 4) is 0 Å². The smallest absolute Gasteiger partial charge is 0.315 e. The van der Waals surface area contributed by atoms with Crippen molar-refractivity contribution in [2.75, 3.05) is 7.11 Å². The number of carbonyl (C=O) groups excluding carboxylic acids is 1. The Morgan fingerprint density at radius 2 is 1.83 bits per heavy atom. The molecule has 1 saturated carbocycles. The van der Waals surface area contributed by atoms with Gasteiger partial charge in [-0.2, -0.15) is 0 Å². The van der Waals surface area contributed by atoms with Crippen LogP contribution in [0, 0.1) is 5.41 Å². The maximum Gasteiger partial charge on any atom is 0.315 e. The molecule has 0 heterocycles. The van der Waals surface area contributed by atoms with Gasteiger partial charge < -0.3 is 4.74 Å². The molecule has 0 bridgehead atoms. The van der Waals surface area contributed by atoms with E-state index in [-0.39, 0.29) is 5.97 Å². The van der Waals surface area contributed by atoms with Gasteiger partial charge in [-0.3, -0.25) is 4.79 Å². The number of carbonyl (C=O) groups is 1. The summed E-state index contributed by atoms with van der Waals surface area (Å²) < 4.78 is 4.99. The number of hydrogen-bond donors (Lipinski definition) is 0. The number of methoxy groups -OCH3 is 1. The zero-order valence-electron chi connectivity index (χ0n) is 10.9. The standard InChI is InChI=1S/C16H20O2/c1-18-15(17)16(11-6-3-7-12-16)13-10-14-8-4-2-5-9-14/h2,4-5,8-10,13H,3,6-7,11-12H2,1H3. The first kappa shape index (κ1) is 12.9. The Labute approximate surface area is 109 Å². The zero-order chi connectivity index (χ0) is 12.8. The van der Waals surface area contributed by atoms with Gasteiger partial charge in [-0.1, -0.05) is 61.7 Å². The van der Waals surface area contributed by atoms with Crippen LogP contribution in [0.2, 0.25) is 0 Å². The minimum Gasteiger partial charge on any atom is -0.468 e. The maximum atomic E-state index is 12.0. The second kappa shape index (κ2) is 5.85. The van der Waals surface area contributed by atoms with Crippen LogP contribution < -0.4 is 0 Å². The fourth-order valence-corrected chi connectivity index (χ4v) is 2.64. The molecule has 2 rings (SSSR count). The Kier molecular flexibility index (Phi) is 4.19. The van der Waals surface area contributed by atoms with Crippen LogP contribution in [0.5, 0.6) is 0 Å². The second-order valence-electron chi connectivity index (χ2n) is 4.95. The molecule has 0 amide bonds. The van der Waals surface area contributed by atoms with Gasteiger partial charge >= 0.3 is 5.97 Å². The number of ether oxygens (including phenoxy) is 1. The van der Waals surface area contributed by atoms with E-state index in [1.165, 1.54) is 13.5 Å². The van der Waals surface area contributed by atoms with E-state index in [1.54, 1.807) is 0 Å². The molecule has 0 radical (unpaired) electrons. The summed E-state index contributed by atoms with van der Waals surface area (Å²) in [5, 5.41) is 0. The molecule has 2 nitrogen and oxygen atoms in total. The Morgan fingerprint density at radius 1 is 1.17 bits per heavy atom. The third kappa shape index (κ3) is 2.81. The van der Waals surface area contributed by atoms with E-state index < -0.39 is 5.41 Å². The largest absolute Gasteiger partial charge is 0.468 e. The molecule has 0 N–H and O–H groups in total. The summed E-state index contributed by atoms with van der Waals surface area (Å²) in [7, 11) is 1.48. The van der Waals surface area contributed by atoms with Crippen LogP contribution in [0.25, 0.3) is 6.08 Å². The lowest BCUT2D eigenvalue weighted by atomic mass is 9.73. The first-order valence-electron chi connectivity index (χ1n) is 6.59. The van der Waals surface area contributed by atoms with E-state index in [1.807, 2.05) is 42.5 Å². The van der Waals surface area contributed by atoms with Crippen molar-refractivity contribution in [3.63, 3.8) is 0 Å². The van der Waals surface area contributed by atoms with Crippen LogP contribution in [0.3, 0.4) is 0 Å². The molecule has 1 aliphatic carbocycles. The fourth-order valence-electron chi connectivity index (χ4n) is 2.64. The highest BCUT2D eigenvalue weighted by Gasteiger charge is 2.37. The van der Waals surface area contributed by atoms with Crippen molar-refractivity contribution in [2.45, 2.75) is 32.1 Å². The Morgan fingerprint density at radius 3 is 2.44 bits per heavy atom. The van der Waals surface area contributed by atoms with Gasteiger partial charge in [0, 0.05) is 0 Å². The van der Waals surface area contributed by atoms with E-state index >= 15 is 0 Å². The van der Waals surface area contributed by atoms with Crippen molar-refractivity contribution >= 4 is 12.0 Å². The lowest BCUT2D eigenvalue weighted by Gasteiger charge is -2.31. The first-order valence-corrected chi connectivity index (χ1v) is 6.59. The normalized spacial score (nSPS) is 18.7. The molecular weight excluding hydrogens is 224 g/mol. The summed E-state index contributed by atoms with van der Waals surface area (Å²) in [6.07, 6.45) is 9.34. The molecule has 2 heteroatoms. The number of esters is 1. The van der Waals surface area contributed by atoms with Crippen LogP contribution in [0.4, 0.5) is 0 Å². The average molecular weight is 244 g/mol. The minimum atomic E-state index is -0.400. The van der Waals surface area contributed by atoms with Crippen LogP contribution in [-0.4, -0.2) is 13.1 Å². The molecule has 0 spiro atoms. The highest BCUT2D eigenvalue weighted by atomic mass is 16.5. The monoisotopic (exact) mass is 244 g/mol. The predicted molar refractivity (Wildman–Crippen MR) is 73.0 cm³/mol. The van der Waals surface area contributed by atoms with Crippen LogP contribution in [0.1, 0.15) is 37.7 Å². The van der Waals surface area contributed by atoms with Crippen molar-refractivity contribution in [2.24, 2.45) is 5.41 Å². The molecular formula is C16H20O2. The molecule has 0 atom stereocenters. The van der Waals surface area contributed by atoms with E-state index in [4.69, 9.17) is 4.74 Å². The lowest BCUT2D eigenvalue weighted by Crippen LogP contribution is -2.32. The molecule has 96 valence electrons. The number of benzene rings is 1. The van der Waals surface area contributed by atoms with Crippen molar-refractivity contribution in [1.29, 1.82) is 0 Å². The summed E-state index contributed by atoms with van der Waals surface area (Å²) >= 11 is 0. The minimum absolute atomic E-state index is 0.0885. The highest BCUT2D eigenvalue weighted by Crippen LogP contribution is 2.39. The molecule has 0 unspecified atom stereocenters. The van der Waals surface area contributed by atoms with Gasteiger partial charge in [0.2, 0.25) is 0 Å². The van der Waals surface area contributed by atoms with Gasteiger partial charge in [-0.05, 0) is 18.4 Å². The average Bonchev–Trinajstić information content (AvgIpc) is 2.46. The molecule has 0 aliphatic heterocycles. The van der Waals surface area contributed by atoms with E-state index in [9.17, 15) is 4.79 Å². The fraction of sp³-hybridized carbons (Fsp3) is 0.438. The maximum absolute atomic E-state index is 12.0. The molecule has 1 aromatic carbocycles. The van der Waals surface area contributed by atoms with Gasteiger partial charge in [0.15, 0.2) is 0 Å². The molecule has 1 aliphatic rings. The molecule has 1 fully saturated rings. The van der Waals surface area contributed by atoms with E-state index in [2.05, 4.69) is 0 Å². The van der Waals surface area contributed by atoms with E-state index in [0.717, 1.165) is 31.2 Å². The molecule has 0 aromatic heterocycles. The third-order valence-electron chi connectivity index (χ3n) is 3.73.